The summed E-state index contributed by atoms with van der Waals surface area (Å²) in [7, 11) is 0. The second kappa shape index (κ2) is 6.41. The highest BCUT2D eigenvalue weighted by Gasteiger charge is 2.24. The Kier molecular flexibility index (Phi) is 4.87. The van der Waals surface area contributed by atoms with Crippen LogP contribution >= 0.6 is 0 Å². The highest BCUT2D eigenvalue weighted by atomic mass is 16.2. The lowest BCUT2D eigenvalue weighted by atomic mass is 9.99. The SMILES string of the molecule is CCN1CCC(NC(=O)N2CCC(C)CC2)CC1. The van der Waals surface area contributed by atoms with Gasteiger partial charge in [-0.1, -0.05) is 13.8 Å². The summed E-state index contributed by atoms with van der Waals surface area (Å²) in [6, 6.07) is 0.552. The van der Waals surface area contributed by atoms with Crippen molar-refractivity contribution in [1.82, 2.24) is 15.1 Å². The minimum Gasteiger partial charge on any atom is -0.335 e. The predicted octanol–water partition coefficient (Wildman–Crippen LogP) is 1.91. The van der Waals surface area contributed by atoms with Crippen LogP contribution in [0.3, 0.4) is 0 Å². The molecule has 2 aliphatic heterocycles. The summed E-state index contributed by atoms with van der Waals surface area (Å²) in [6.07, 6.45) is 4.51. The maximum absolute atomic E-state index is 12.1. The van der Waals surface area contributed by atoms with Gasteiger partial charge in [-0.15, -0.1) is 0 Å². The van der Waals surface area contributed by atoms with E-state index in [0.29, 0.717) is 6.04 Å². The molecule has 18 heavy (non-hydrogen) atoms. The first-order valence-corrected chi connectivity index (χ1v) is 7.46. The Morgan fingerprint density at radius 2 is 1.72 bits per heavy atom. The van der Waals surface area contributed by atoms with Crippen LogP contribution in [0.5, 0.6) is 0 Å². The average Bonchev–Trinajstić information content (AvgIpc) is 2.40. The summed E-state index contributed by atoms with van der Waals surface area (Å²) in [4.78, 5) is 16.6. The number of piperidine rings is 2. The van der Waals surface area contributed by atoms with E-state index in [-0.39, 0.29) is 6.03 Å². The molecule has 4 heteroatoms. The largest absolute Gasteiger partial charge is 0.335 e. The zero-order valence-electron chi connectivity index (χ0n) is 11.8. The third-order valence-electron chi connectivity index (χ3n) is 4.43. The minimum absolute atomic E-state index is 0.164. The van der Waals surface area contributed by atoms with Gasteiger partial charge in [0, 0.05) is 32.2 Å². The predicted molar refractivity (Wildman–Crippen MR) is 73.6 cm³/mol. The van der Waals surface area contributed by atoms with E-state index in [0.717, 1.165) is 64.3 Å². The van der Waals surface area contributed by atoms with E-state index in [1.165, 1.54) is 0 Å². The molecule has 2 fully saturated rings. The molecule has 0 aromatic heterocycles. The molecule has 2 rings (SSSR count). The van der Waals surface area contributed by atoms with Crippen molar-refractivity contribution >= 4 is 6.03 Å². The van der Waals surface area contributed by atoms with E-state index in [9.17, 15) is 4.79 Å². The quantitative estimate of drug-likeness (QED) is 0.816. The van der Waals surface area contributed by atoms with Crippen LogP contribution in [0.4, 0.5) is 4.79 Å². The van der Waals surface area contributed by atoms with Crippen molar-refractivity contribution < 1.29 is 4.79 Å². The molecule has 0 aromatic rings. The fourth-order valence-electron chi connectivity index (χ4n) is 2.87. The lowest BCUT2D eigenvalue weighted by Gasteiger charge is -2.35. The normalized spacial score (nSPS) is 24.2. The van der Waals surface area contributed by atoms with Gasteiger partial charge in [-0.2, -0.15) is 0 Å². The zero-order chi connectivity index (χ0) is 13.0. The molecule has 0 atom stereocenters. The van der Waals surface area contributed by atoms with Gasteiger partial charge in [0.1, 0.15) is 0 Å². The molecular formula is C14H27N3O. The van der Waals surface area contributed by atoms with E-state index in [1.54, 1.807) is 0 Å². The van der Waals surface area contributed by atoms with Crippen LogP contribution in [0.1, 0.15) is 39.5 Å². The molecule has 0 spiro atoms. The van der Waals surface area contributed by atoms with Gasteiger partial charge >= 0.3 is 6.03 Å². The van der Waals surface area contributed by atoms with Crippen LogP contribution in [0, 0.1) is 5.92 Å². The number of likely N-dealkylation sites (tertiary alicyclic amines) is 2. The maximum atomic E-state index is 12.1. The summed E-state index contributed by atoms with van der Waals surface area (Å²) >= 11 is 0. The Bertz CT molecular complexity index is 266. The minimum atomic E-state index is 0.164. The number of hydrogen-bond acceptors (Lipinski definition) is 2. The Morgan fingerprint density at radius 3 is 2.28 bits per heavy atom. The number of amides is 2. The second-order valence-corrected chi connectivity index (χ2v) is 5.83. The van der Waals surface area contributed by atoms with Crippen LogP contribution in [0.2, 0.25) is 0 Å². The summed E-state index contributed by atoms with van der Waals surface area (Å²) < 4.78 is 0. The van der Waals surface area contributed by atoms with Gasteiger partial charge in [0.05, 0.1) is 0 Å². The number of rotatable bonds is 2. The molecule has 0 saturated carbocycles. The molecule has 2 heterocycles. The van der Waals surface area contributed by atoms with E-state index >= 15 is 0 Å². The number of hydrogen-bond donors (Lipinski definition) is 1. The number of carbonyl (C=O) groups is 1. The van der Waals surface area contributed by atoms with Crippen LogP contribution in [0.15, 0.2) is 0 Å². The Hall–Kier alpha value is -0.770. The molecule has 104 valence electrons. The van der Waals surface area contributed by atoms with Gasteiger partial charge in [0.25, 0.3) is 0 Å². The molecule has 0 unspecified atom stereocenters. The monoisotopic (exact) mass is 253 g/mol. The van der Waals surface area contributed by atoms with Gasteiger partial charge in [0.2, 0.25) is 0 Å². The second-order valence-electron chi connectivity index (χ2n) is 5.83. The highest BCUT2D eigenvalue weighted by molar-refractivity contribution is 5.74. The van der Waals surface area contributed by atoms with Gasteiger partial charge in [-0.3, -0.25) is 0 Å². The van der Waals surface area contributed by atoms with Crippen molar-refractivity contribution in [2.75, 3.05) is 32.7 Å². The number of urea groups is 1. The first-order chi connectivity index (χ1) is 8.69. The Labute approximate surface area is 111 Å². The molecule has 0 bridgehead atoms. The van der Waals surface area contributed by atoms with Gasteiger partial charge in [0.15, 0.2) is 0 Å². The number of nitrogens with one attached hydrogen (secondary N) is 1. The zero-order valence-corrected chi connectivity index (χ0v) is 11.8. The lowest BCUT2D eigenvalue weighted by molar-refractivity contribution is 0.158. The standard InChI is InChI=1S/C14H27N3O/c1-3-16-8-6-13(7-9-16)15-14(18)17-10-4-12(2)5-11-17/h12-13H,3-11H2,1-2H3,(H,15,18). The summed E-state index contributed by atoms with van der Waals surface area (Å²) in [5.41, 5.74) is 0. The summed E-state index contributed by atoms with van der Waals surface area (Å²) in [6.45, 7) is 9.72. The molecule has 0 aliphatic carbocycles. The lowest BCUT2D eigenvalue weighted by Crippen LogP contribution is -2.50. The molecule has 2 saturated heterocycles. The van der Waals surface area contributed by atoms with E-state index in [2.05, 4.69) is 24.1 Å². The molecular weight excluding hydrogens is 226 g/mol. The first kappa shape index (κ1) is 13.7. The fraction of sp³-hybridized carbons (Fsp3) is 0.929. The summed E-state index contributed by atoms with van der Waals surface area (Å²) in [5.74, 6) is 0.779. The number of carbonyl (C=O) groups excluding carboxylic acids is 1. The van der Waals surface area contributed by atoms with Crippen LogP contribution in [-0.2, 0) is 0 Å². The van der Waals surface area contributed by atoms with Crippen molar-refractivity contribution in [1.29, 1.82) is 0 Å². The molecule has 0 aromatic carbocycles. The van der Waals surface area contributed by atoms with E-state index < -0.39 is 0 Å². The molecule has 2 amide bonds. The number of nitrogens with zero attached hydrogens (tertiary/aromatic N) is 2. The maximum Gasteiger partial charge on any atom is 0.317 e. The fourth-order valence-corrected chi connectivity index (χ4v) is 2.87. The van der Waals surface area contributed by atoms with E-state index in [1.807, 2.05) is 4.90 Å². The highest BCUT2D eigenvalue weighted by Crippen LogP contribution is 2.16. The summed E-state index contributed by atoms with van der Waals surface area (Å²) in [5, 5.41) is 3.21. The van der Waals surface area contributed by atoms with Crippen LogP contribution < -0.4 is 5.32 Å². The Balaban J connectivity index is 1.71. The van der Waals surface area contributed by atoms with Crippen molar-refractivity contribution in [3.63, 3.8) is 0 Å². The third kappa shape index (κ3) is 3.61. The van der Waals surface area contributed by atoms with Crippen LogP contribution in [-0.4, -0.2) is 54.6 Å². The van der Waals surface area contributed by atoms with Crippen molar-refractivity contribution in [2.45, 2.75) is 45.6 Å². The third-order valence-corrected chi connectivity index (χ3v) is 4.43. The van der Waals surface area contributed by atoms with Gasteiger partial charge in [-0.05, 0) is 38.1 Å². The topological polar surface area (TPSA) is 35.6 Å². The molecule has 2 aliphatic rings. The average molecular weight is 253 g/mol. The van der Waals surface area contributed by atoms with Crippen molar-refractivity contribution in [2.24, 2.45) is 5.92 Å². The molecule has 4 nitrogen and oxygen atoms in total. The molecule has 0 radical (unpaired) electrons. The van der Waals surface area contributed by atoms with Crippen LogP contribution in [0.25, 0.3) is 0 Å². The van der Waals surface area contributed by atoms with E-state index in [4.69, 9.17) is 0 Å². The first-order valence-electron chi connectivity index (χ1n) is 7.46. The van der Waals surface area contributed by atoms with Crippen molar-refractivity contribution in [3.05, 3.63) is 0 Å². The molecule has 1 N–H and O–H groups in total. The Morgan fingerprint density at radius 1 is 1.11 bits per heavy atom. The van der Waals surface area contributed by atoms with Gasteiger partial charge in [-0.25, -0.2) is 4.79 Å². The van der Waals surface area contributed by atoms with Gasteiger partial charge < -0.3 is 15.1 Å². The van der Waals surface area contributed by atoms with Crippen molar-refractivity contribution in [3.8, 4) is 0 Å². The smallest absolute Gasteiger partial charge is 0.317 e.